The normalized spacial score (nSPS) is 17.0. The van der Waals surface area contributed by atoms with E-state index in [1.807, 2.05) is 0 Å². The van der Waals surface area contributed by atoms with E-state index < -0.39 is 0 Å². The van der Waals surface area contributed by atoms with Gasteiger partial charge in [-0.1, -0.05) is 28.1 Å². The maximum Gasteiger partial charge on any atom is 0.119 e. The Balaban J connectivity index is 1.83. The molecule has 0 saturated carbocycles. The fourth-order valence-corrected chi connectivity index (χ4v) is 3.83. The lowest BCUT2D eigenvalue weighted by Gasteiger charge is -2.28. The minimum Gasteiger partial charge on any atom is -0.492 e. The summed E-state index contributed by atoms with van der Waals surface area (Å²) in [5.41, 5.74) is 5.33. The molecule has 2 aromatic carbocycles. The van der Waals surface area contributed by atoms with E-state index in [0.29, 0.717) is 0 Å². The Kier molecular flexibility index (Phi) is 5.59. The molecule has 1 aliphatic rings. The monoisotopic (exact) mass is 388 g/mol. The van der Waals surface area contributed by atoms with Crippen LogP contribution in [0.1, 0.15) is 28.3 Å². The quantitative estimate of drug-likeness (QED) is 0.839. The van der Waals surface area contributed by atoms with Crippen molar-refractivity contribution >= 4 is 15.9 Å². The number of hydrogen-bond acceptors (Lipinski definition) is 3. The molecule has 0 saturated heterocycles. The lowest BCUT2D eigenvalue weighted by atomic mass is 9.89. The molecule has 1 unspecified atom stereocenters. The van der Waals surface area contributed by atoms with Gasteiger partial charge in [-0.2, -0.15) is 0 Å². The molecule has 3 nitrogen and oxygen atoms in total. The molecule has 0 spiro atoms. The van der Waals surface area contributed by atoms with E-state index in [0.717, 1.165) is 36.3 Å². The predicted octanol–water partition coefficient (Wildman–Crippen LogP) is 3.93. The number of rotatable bonds is 5. The minimum atomic E-state index is 0.251. The highest BCUT2D eigenvalue weighted by Gasteiger charge is 2.22. The second kappa shape index (κ2) is 7.68. The first-order valence-corrected chi connectivity index (χ1v) is 9.23. The Bertz CT molecular complexity index is 695. The molecule has 1 N–H and O–H groups in total. The number of benzene rings is 2. The highest BCUT2D eigenvalue weighted by atomic mass is 79.9. The van der Waals surface area contributed by atoms with Crippen LogP contribution in [0.25, 0.3) is 0 Å². The van der Waals surface area contributed by atoms with Gasteiger partial charge in [-0.05, 0) is 74.0 Å². The zero-order valence-corrected chi connectivity index (χ0v) is 16.2. The Labute approximate surface area is 153 Å². The minimum absolute atomic E-state index is 0.251. The van der Waals surface area contributed by atoms with Gasteiger partial charge in [-0.3, -0.25) is 0 Å². The van der Waals surface area contributed by atoms with E-state index in [1.165, 1.54) is 22.3 Å². The lowest BCUT2D eigenvalue weighted by molar-refractivity contribution is 0.261. The van der Waals surface area contributed by atoms with Crippen LogP contribution in [0.2, 0.25) is 0 Å². The molecule has 0 bridgehead atoms. The molecule has 24 heavy (non-hydrogen) atoms. The first-order valence-electron chi connectivity index (χ1n) is 8.44. The van der Waals surface area contributed by atoms with Crippen molar-refractivity contribution in [1.29, 1.82) is 0 Å². The number of halogens is 1. The second-order valence-electron chi connectivity index (χ2n) is 6.71. The molecule has 0 aromatic heterocycles. The summed E-state index contributed by atoms with van der Waals surface area (Å²) < 4.78 is 7.03. The number of nitrogens with zero attached hydrogens (tertiary/aromatic N) is 1. The second-order valence-corrected chi connectivity index (χ2v) is 7.63. The van der Waals surface area contributed by atoms with Crippen molar-refractivity contribution in [2.75, 3.05) is 33.8 Å². The standard InChI is InChI=1S/C20H25BrN2O/c1-14-10-16(12-17(21)11-14)20-19-5-4-18(24-9-8-23(2)3)13-15(19)6-7-22-20/h4-5,10-13,20,22H,6-9H2,1-3H3. The molecule has 0 amide bonds. The SMILES string of the molecule is Cc1cc(Br)cc(C2NCCc3cc(OCCN(C)C)ccc32)c1. The van der Waals surface area contributed by atoms with Crippen molar-refractivity contribution in [3.8, 4) is 5.75 Å². The average molecular weight is 389 g/mol. The van der Waals surface area contributed by atoms with Crippen LogP contribution in [0, 0.1) is 6.92 Å². The summed E-state index contributed by atoms with van der Waals surface area (Å²) in [6.45, 7) is 4.78. The number of aryl methyl sites for hydroxylation is 1. The lowest BCUT2D eigenvalue weighted by Crippen LogP contribution is -2.30. The van der Waals surface area contributed by atoms with Crippen LogP contribution in [0.15, 0.2) is 40.9 Å². The van der Waals surface area contributed by atoms with Crippen LogP contribution in [-0.4, -0.2) is 38.7 Å². The van der Waals surface area contributed by atoms with E-state index in [1.54, 1.807) is 0 Å². The highest BCUT2D eigenvalue weighted by Crippen LogP contribution is 2.32. The van der Waals surface area contributed by atoms with E-state index in [2.05, 4.69) is 83.6 Å². The van der Waals surface area contributed by atoms with Crippen molar-refractivity contribution in [2.45, 2.75) is 19.4 Å². The number of nitrogens with one attached hydrogen (secondary N) is 1. The maximum atomic E-state index is 5.89. The van der Waals surface area contributed by atoms with Gasteiger partial charge in [0.2, 0.25) is 0 Å². The third kappa shape index (κ3) is 4.18. The maximum absolute atomic E-state index is 5.89. The molecule has 2 aromatic rings. The molecular formula is C20H25BrN2O. The van der Waals surface area contributed by atoms with Gasteiger partial charge < -0.3 is 15.0 Å². The largest absolute Gasteiger partial charge is 0.492 e. The predicted molar refractivity (Wildman–Crippen MR) is 103 cm³/mol. The Morgan fingerprint density at radius 3 is 2.79 bits per heavy atom. The summed E-state index contributed by atoms with van der Waals surface area (Å²) >= 11 is 3.62. The summed E-state index contributed by atoms with van der Waals surface area (Å²) in [7, 11) is 4.12. The molecule has 4 heteroatoms. The van der Waals surface area contributed by atoms with Gasteiger partial charge in [-0.25, -0.2) is 0 Å². The number of likely N-dealkylation sites (N-methyl/N-ethyl adjacent to an activating group) is 1. The van der Waals surface area contributed by atoms with E-state index >= 15 is 0 Å². The zero-order chi connectivity index (χ0) is 17.1. The van der Waals surface area contributed by atoms with Crippen LogP contribution in [0.4, 0.5) is 0 Å². The van der Waals surface area contributed by atoms with Crippen molar-refractivity contribution < 1.29 is 4.74 Å². The molecule has 1 aliphatic heterocycles. The molecule has 3 rings (SSSR count). The van der Waals surface area contributed by atoms with E-state index in [9.17, 15) is 0 Å². The topological polar surface area (TPSA) is 24.5 Å². The smallest absolute Gasteiger partial charge is 0.119 e. The molecular weight excluding hydrogens is 364 g/mol. The summed E-state index contributed by atoms with van der Waals surface area (Å²) in [4.78, 5) is 2.13. The van der Waals surface area contributed by atoms with Gasteiger partial charge >= 0.3 is 0 Å². The molecule has 0 radical (unpaired) electrons. The van der Waals surface area contributed by atoms with E-state index in [-0.39, 0.29) is 6.04 Å². The Hall–Kier alpha value is -1.36. The zero-order valence-electron chi connectivity index (χ0n) is 14.6. The summed E-state index contributed by atoms with van der Waals surface area (Å²) in [6, 6.07) is 13.4. The van der Waals surface area contributed by atoms with Gasteiger partial charge in [0, 0.05) is 17.6 Å². The third-order valence-corrected chi connectivity index (χ3v) is 4.83. The van der Waals surface area contributed by atoms with Gasteiger partial charge in [0.25, 0.3) is 0 Å². The molecule has 1 heterocycles. The van der Waals surface area contributed by atoms with E-state index in [4.69, 9.17) is 4.74 Å². The first-order chi connectivity index (χ1) is 11.5. The average Bonchev–Trinajstić information content (AvgIpc) is 2.53. The van der Waals surface area contributed by atoms with Crippen molar-refractivity contribution in [1.82, 2.24) is 10.2 Å². The summed E-state index contributed by atoms with van der Waals surface area (Å²) in [5.74, 6) is 0.974. The number of fused-ring (bicyclic) bond motifs is 1. The summed E-state index contributed by atoms with van der Waals surface area (Å²) in [5, 5.41) is 3.66. The van der Waals surface area contributed by atoms with Crippen molar-refractivity contribution in [3.63, 3.8) is 0 Å². The van der Waals surface area contributed by atoms with Crippen LogP contribution in [0.3, 0.4) is 0 Å². The van der Waals surface area contributed by atoms with Crippen molar-refractivity contribution in [3.05, 3.63) is 63.1 Å². The van der Waals surface area contributed by atoms with Crippen LogP contribution in [0.5, 0.6) is 5.75 Å². The number of hydrogen-bond donors (Lipinski definition) is 1. The van der Waals surface area contributed by atoms with Crippen LogP contribution in [-0.2, 0) is 6.42 Å². The fourth-order valence-electron chi connectivity index (χ4n) is 3.21. The molecule has 1 atom stereocenters. The summed E-state index contributed by atoms with van der Waals surface area (Å²) in [6.07, 6.45) is 1.05. The molecule has 128 valence electrons. The highest BCUT2D eigenvalue weighted by molar-refractivity contribution is 9.10. The van der Waals surface area contributed by atoms with Gasteiger partial charge in [0.05, 0.1) is 6.04 Å². The Morgan fingerprint density at radius 2 is 2.04 bits per heavy atom. The van der Waals surface area contributed by atoms with Crippen LogP contribution >= 0.6 is 15.9 Å². The molecule has 0 fully saturated rings. The van der Waals surface area contributed by atoms with Gasteiger partial charge in [0.1, 0.15) is 12.4 Å². The van der Waals surface area contributed by atoms with Gasteiger partial charge in [-0.15, -0.1) is 0 Å². The van der Waals surface area contributed by atoms with Gasteiger partial charge in [0.15, 0.2) is 0 Å². The molecule has 0 aliphatic carbocycles. The third-order valence-electron chi connectivity index (χ3n) is 4.37. The first kappa shape index (κ1) is 17.5. The number of ether oxygens (including phenoxy) is 1. The van der Waals surface area contributed by atoms with Crippen molar-refractivity contribution in [2.24, 2.45) is 0 Å². The fraction of sp³-hybridized carbons (Fsp3) is 0.400. The Morgan fingerprint density at radius 1 is 1.21 bits per heavy atom. The van der Waals surface area contributed by atoms with Crippen LogP contribution < -0.4 is 10.1 Å².